The van der Waals surface area contributed by atoms with Crippen molar-refractivity contribution in [3.8, 4) is 0 Å². The molecule has 6 nitrogen and oxygen atoms in total. The second-order valence-electron chi connectivity index (χ2n) is 5.84. The van der Waals surface area contributed by atoms with Crippen LogP contribution < -0.4 is 0 Å². The minimum Gasteiger partial charge on any atom is -0.384 e. The van der Waals surface area contributed by atoms with Gasteiger partial charge in [-0.2, -0.15) is 5.10 Å². The second kappa shape index (κ2) is 6.91. The number of hydrogen-bond acceptors (Lipinski definition) is 4. The van der Waals surface area contributed by atoms with Gasteiger partial charge in [0.2, 0.25) is 0 Å². The third kappa shape index (κ3) is 3.12. The molecule has 1 fully saturated rings. The quantitative estimate of drug-likeness (QED) is 0.844. The van der Waals surface area contributed by atoms with Gasteiger partial charge in [-0.15, -0.1) is 0 Å². The van der Waals surface area contributed by atoms with Crippen molar-refractivity contribution < 1.29 is 9.53 Å². The normalized spacial score (nSPS) is 20.9. The molecule has 0 N–H and O–H groups in total. The fraction of sp³-hybridized carbons (Fsp3) is 0.471. The highest BCUT2D eigenvalue weighted by Gasteiger charge is 2.37. The lowest BCUT2D eigenvalue weighted by Gasteiger charge is -2.17. The van der Waals surface area contributed by atoms with E-state index in [1.54, 1.807) is 36.4 Å². The zero-order chi connectivity index (χ0) is 16.2. The van der Waals surface area contributed by atoms with Crippen molar-refractivity contribution in [2.24, 2.45) is 5.92 Å². The second-order valence-corrected chi connectivity index (χ2v) is 5.84. The summed E-state index contributed by atoms with van der Waals surface area (Å²) in [7, 11) is 1.71. The van der Waals surface area contributed by atoms with Crippen molar-refractivity contribution in [1.29, 1.82) is 0 Å². The number of rotatable bonds is 5. The molecule has 0 saturated carbocycles. The number of carbonyl (C=O) groups is 1. The Hall–Kier alpha value is -2.21. The van der Waals surface area contributed by atoms with Crippen molar-refractivity contribution >= 4 is 5.91 Å². The number of ether oxygens (including phenoxy) is 1. The summed E-state index contributed by atoms with van der Waals surface area (Å²) in [5.41, 5.74) is 1.86. The number of likely N-dealkylation sites (tertiary alicyclic amines) is 1. The van der Waals surface area contributed by atoms with Crippen LogP contribution in [0.2, 0.25) is 0 Å². The van der Waals surface area contributed by atoms with E-state index in [0.29, 0.717) is 37.9 Å². The average molecular weight is 314 g/mol. The van der Waals surface area contributed by atoms with Crippen molar-refractivity contribution in [3.63, 3.8) is 0 Å². The summed E-state index contributed by atoms with van der Waals surface area (Å²) in [5.74, 6) is 0.617. The lowest BCUT2D eigenvalue weighted by atomic mass is 9.90. The van der Waals surface area contributed by atoms with Gasteiger partial charge in [0.05, 0.1) is 6.61 Å². The molecule has 122 valence electrons. The van der Waals surface area contributed by atoms with E-state index in [2.05, 4.69) is 10.1 Å². The van der Waals surface area contributed by atoms with Crippen LogP contribution >= 0.6 is 0 Å². The van der Waals surface area contributed by atoms with Gasteiger partial charge < -0.3 is 9.64 Å². The molecule has 1 aliphatic rings. The number of aryl methyl sites for hydroxylation is 1. The fourth-order valence-electron chi connectivity index (χ4n) is 3.34. The Morgan fingerprint density at radius 3 is 2.74 bits per heavy atom. The molecule has 1 amide bonds. The van der Waals surface area contributed by atoms with Crippen LogP contribution in [-0.4, -0.2) is 52.4 Å². The van der Waals surface area contributed by atoms with Gasteiger partial charge in [0, 0.05) is 57.2 Å². The number of hydrogen-bond donors (Lipinski definition) is 0. The minimum absolute atomic E-state index is 0.0435. The maximum Gasteiger partial charge on any atom is 0.272 e. The van der Waals surface area contributed by atoms with Crippen LogP contribution in [0.4, 0.5) is 0 Å². The molecule has 0 bridgehead atoms. The van der Waals surface area contributed by atoms with Gasteiger partial charge in [-0.3, -0.25) is 14.5 Å². The molecule has 23 heavy (non-hydrogen) atoms. The molecule has 2 atom stereocenters. The van der Waals surface area contributed by atoms with E-state index in [1.165, 1.54) is 5.56 Å². The van der Waals surface area contributed by atoms with Crippen LogP contribution in [0.3, 0.4) is 0 Å². The van der Waals surface area contributed by atoms with E-state index in [4.69, 9.17) is 4.74 Å². The largest absolute Gasteiger partial charge is 0.384 e. The van der Waals surface area contributed by atoms with Crippen LogP contribution in [0.1, 0.15) is 28.9 Å². The first kappa shape index (κ1) is 15.7. The van der Waals surface area contributed by atoms with Crippen molar-refractivity contribution in [3.05, 3.63) is 48.0 Å². The first-order valence-electron chi connectivity index (χ1n) is 7.94. The van der Waals surface area contributed by atoms with Crippen LogP contribution in [0.15, 0.2) is 36.8 Å². The molecule has 0 radical (unpaired) electrons. The van der Waals surface area contributed by atoms with Gasteiger partial charge >= 0.3 is 0 Å². The van der Waals surface area contributed by atoms with Gasteiger partial charge in [-0.05, 0) is 30.7 Å². The minimum atomic E-state index is 0.0435. The number of pyridine rings is 1. The summed E-state index contributed by atoms with van der Waals surface area (Å²) in [6.45, 7) is 4.72. The lowest BCUT2D eigenvalue weighted by molar-refractivity contribution is 0.0763. The molecule has 3 heterocycles. The Morgan fingerprint density at radius 1 is 1.26 bits per heavy atom. The Balaban J connectivity index is 1.81. The van der Waals surface area contributed by atoms with E-state index < -0.39 is 0 Å². The van der Waals surface area contributed by atoms with Crippen LogP contribution in [-0.2, 0) is 11.3 Å². The number of carbonyl (C=O) groups excluding carboxylic acids is 1. The number of amides is 1. The molecule has 0 aliphatic carbocycles. The highest BCUT2D eigenvalue weighted by molar-refractivity contribution is 5.92. The molecule has 2 aromatic heterocycles. The van der Waals surface area contributed by atoms with Gasteiger partial charge in [-0.1, -0.05) is 0 Å². The smallest absolute Gasteiger partial charge is 0.272 e. The number of methoxy groups -OCH3 is 1. The molecular weight excluding hydrogens is 292 g/mol. The highest BCUT2D eigenvalue weighted by atomic mass is 16.5. The molecule has 1 aliphatic heterocycles. The van der Waals surface area contributed by atoms with Gasteiger partial charge in [-0.25, -0.2) is 0 Å². The van der Waals surface area contributed by atoms with E-state index in [0.717, 1.165) is 0 Å². The molecule has 0 spiro atoms. The Morgan fingerprint density at radius 2 is 2.04 bits per heavy atom. The summed E-state index contributed by atoms with van der Waals surface area (Å²) in [6, 6.07) is 5.84. The summed E-state index contributed by atoms with van der Waals surface area (Å²) in [5, 5.41) is 4.20. The number of aromatic nitrogens is 3. The van der Waals surface area contributed by atoms with Crippen molar-refractivity contribution in [2.75, 3.05) is 26.8 Å². The molecule has 1 saturated heterocycles. The van der Waals surface area contributed by atoms with Crippen LogP contribution in [0.5, 0.6) is 0 Å². The lowest BCUT2D eigenvalue weighted by Crippen LogP contribution is -2.31. The predicted molar refractivity (Wildman–Crippen MR) is 86.1 cm³/mol. The number of nitrogens with zero attached hydrogens (tertiary/aromatic N) is 4. The van der Waals surface area contributed by atoms with Crippen LogP contribution in [0, 0.1) is 5.92 Å². The predicted octanol–water partition coefficient (Wildman–Crippen LogP) is 1.80. The third-order valence-electron chi connectivity index (χ3n) is 4.48. The molecule has 0 aromatic carbocycles. The van der Waals surface area contributed by atoms with Gasteiger partial charge in [0.1, 0.15) is 5.69 Å². The van der Waals surface area contributed by atoms with Crippen molar-refractivity contribution in [2.45, 2.75) is 19.4 Å². The topological polar surface area (TPSA) is 60.2 Å². The first-order chi connectivity index (χ1) is 11.2. The zero-order valence-electron chi connectivity index (χ0n) is 13.6. The average Bonchev–Trinajstić information content (AvgIpc) is 3.22. The maximum absolute atomic E-state index is 12.8. The van der Waals surface area contributed by atoms with Gasteiger partial charge in [0.25, 0.3) is 5.91 Å². The Kier molecular flexibility index (Phi) is 4.71. The maximum atomic E-state index is 12.8. The SMILES string of the molecule is CCn1nccc1C(=O)N1C[C@@H](COC)[C@H](c2ccncc2)C1. The zero-order valence-corrected chi connectivity index (χ0v) is 13.6. The molecular formula is C17H22N4O2. The monoisotopic (exact) mass is 314 g/mol. The molecule has 0 unspecified atom stereocenters. The standard InChI is InChI=1S/C17H22N4O2/c1-3-21-16(6-9-19-21)17(22)20-10-14(12-23-2)15(11-20)13-4-7-18-8-5-13/h4-9,14-15H,3,10-12H2,1-2H3/t14-,15-/m0/s1. The fourth-order valence-corrected chi connectivity index (χ4v) is 3.34. The van der Waals surface area contributed by atoms with Crippen molar-refractivity contribution in [1.82, 2.24) is 19.7 Å². The molecule has 6 heteroatoms. The van der Waals surface area contributed by atoms with E-state index in [-0.39, 0.29) is 11.8 Å². The Labute approximate surface area is 136 Å². The Bertz CT molecular complexity index is 656. The van der Waals surface area contributed by atoms with Gasteiger partial charge in [0.15, 0.2) is 0 Å². The molecule has 2 aromatic rings. The van der Waals surface area contributed by atoms with E-state index in [1.807, 2.05) is 24.0 Å². The summed E-state index contributed by atoms with van der Waals surface area (Å²) in [6.07, 6.45) is 5.28. The summed E-state index contributed by atoms with van der Waals surface area (Å²) < 4.78 is 7.11. The third-order valence-corrected chi connectivity index (χ3v) is 4.48. The summed E-state index contributed by atoms with van der Waals surface area (Å²) in [4.78, 5) is 18.8. The highest BCUT2D eigenvalue weighted by Crippen LogP contribution is 2.33. The van der Waals surface area contributed by atoms with E-state index in [9.17, 15) is 4.79 Å². The molecule has 3 rings (SSSR count). The van der Waals surface area contributed by atoms with Crippen LogP contribution in [0.25, 0.3) is 0 Å². The van der Waals surface area contributed by atoms with E-state index >= 15 is 0 Å². The first-order valence-corrected chi connectivity index (χ1v) is 7.94. The summed E-state index contributed by atoms with van der Waals surface area (Å²) >= 11 is 0.